The van der Waals surface area contributed by atoms with E-state index in [0.717, 1.165) is 112 Å². The predicted molar refractivity (Wildman–Crippen MR) is 260 cm³/mol. The minimum absolute atomic E-state index is 0.858. The van der Waals surface area contributed by atoms with Crippen LogP contribution in [0, 0.1) is 0 Å². The van der Waals surface area contributed by atoms with Gasteiger partial charge in [0.05, 0.1) is 33.1 Å². The summed E-state index contributed by atoms with van der Waals surface area (Å²) >= 11 is 0. The molecule has 0 spiro atoms. The zero-order chi connectivity index (χ0) is 41.8. The summed E-state index contributed by atoms with van der Waals surface area (Å²) in [7, 11) is 0. The van der Waals surface area contributed by atoms with Crippen LogP contribution in [0.1, 0.15) is 6.92 Å². The summed E-state index contributed by atoms with van der Waals surface area (Å²) in [5, 5.41) is 2.15. The molecule has 6 aromatic heterocycles. The molecule has 0 aliphatic rings. The Morgan fingerprint density at radius 2 is 0.905 bits per heavy atom. The highest BCUT2D eigenvalue weighted by atomic mass is 15.3. The van der Waals surface area contributed by atoms with Crippen LogP contribution < -0.4 is 0 Å². The highest BCUT2D eigenvalue weighted by Crippen LogP contribution is 2.41. The van der Waals surface area contributed by atoms with Crippen molar-refractivity contribution in [1.82, 2.24) is 37.0 Å². The lowest BCUT2D eigenvalue weighted by molar-refractivity contribution is 1.08. The van der Waals surface area contributed by atoms with Gasteiger partial charge in [0.15, 0.2) is 11.3 Å². The first kappa shape index (κ1) is 35.2. The predicted octanol–water partition coefficient (Wildman–Crippen LogP) is 13.3. The number of benzene rings is 7. The molecule has 0 aliphatic carbocycles. The van der Waals surface area contributed by atoms with Gasteiger partial charge in [0.2, 0.25) is 11.6 Å². The second kappa shape index (κ2) is 13.4. The zero-order valence-electron chi connectivity index (χ0n) is 34.3. The Bertz CT molecular complexity index is 4030. The third kappa shape index (κ3) is 4.91. The van der Waals surface area contributed by atoms with E-state index in [1.54, 1.807) is 0 Å². The maximum Gasteiger partial charge on any atom is 0.221 e. The van der Waals surface area contributed by atoms with Crippen molar-refractivity contribution in [1.29, 1.82) is 0 Å². The molecule has 63 heavy (non-hydrogen) atoms. The van der Waals surface area contributed by atoms with Crippen molar-refractivity contribution < 1.29 is 0 Å². The smallest absolute Gasteiger partial charge is 0.221 e. The van der Waals surface area contributed by atoms with Crippen molar-refractivity contribution in [3.8, 4) is 28.2 Å². The normalized spacial score (nSPS) is 12.6. The van der Waals surface area contributed by atoms with Gasteiger partial charge in [0, 0.05) is 33.5 Å². The van der Waals surface area contributed by atoms with Gasteiger partial charge < -0.3 is 0 Å². The Kier molecular flexibility index (Phi) is 7.50. The largest absolute Gasteiger partial charge is 0.294 e. The van der Waals surface area contributed by atoms with E-state index < -0.39 is 0 Å². The van der Waals surface area contributed by atoms with Gasteiger partial charge >= 0.3 is 0 Å². The van der Waals surface area contributed by atoms with Crippen LogP contribution >= 0.6 is 0 Å². The van der Waals surface area contributed by atoms with Crippen LogP contribution in [-0.4, -0.2) is 37.0 Å². The topological polar surface area (TPSA) is 54.3 Å². The molecule has 0 atom stereocenters. The summed E-state index contributed by atoms with van der Waals surface area (Å²) in [6.45, 7) is 6.15. The molecule has 0 radical (unpaired) electrons. The fraction of sp³-hybridized carbons (Fsp3) is 0.0182. The molecule has 13 rings (SSSR count). The number of fused-ring (bicyclic) bond motifs is 14. The number of nitrogens with zero attached hydrogens (tertiary/aromatic N) is 8. The highest BCUT2D eigenvalue weighted by molar-refractivity contribution is 6.13. The molecule has 0 aliphatic heterocycles. The van der Waals surface area contributed by atoms with Crippen molar-refractivity contribution in [3.63, 3.8) is 0 Å². The van der Waals surface area contributed by atoms with E-state index in [1.165, 1.54) is 0 Å². The molecule has 8 heteroatoms. The Balaban J connectivity index is 1.10. The van der Waals surface area contributed by atoms with Gasteiger partial charge in [-0.2, -0.15) is 0 Å². The first-order chi connectivity index (χ1) is 31.2. The Morgan fingerprint density at radius 1 is 0.460 bits per heavy atom. The lowest BCUT2D eigenvalue weighted by Crippen LogP contribution is -1.98. The average molecular weight is 811 g/mol. The molecule has 13 aromatic rings. The monoisotopic (exact) mass is 810 g/mol. The number of aromatic nitrogens is 8. The molecule has 0 bridgehead atoms. The van der Waals surface area contributed by atoms with E-state index >= 15 is 0 Å². The molecule has 0 N–H and O–H groups in total. The molecule has 0 saturated heterocycles. The van der Waals surface area contributed by atoms with Crippen LogP contribution in [0.2, 0.25) is 0 Å². The molecule has 0 unspecified atom stereocenters. The molecule has 0 saturated carbocycles. The van der Waals surface area contributed by atoms with Gasteiger partial charge in [-0.15, -0.1) is 0 Å². The summed E-state index contributed by atoms with van der Waals surface area (Å²) in [5.41, 5.74) is 16.9. The number of allylic oxidation sites excluding steroid dienone is 5. The molecule has 6 heterocycles. The maximum atomic E-state index is 5.53. The number of hydrogen-bond acceptors (Lipinski definition) is 2. The van der Waals surface area contributed by atoms with Crippen molar-refractivity contribution in [2.24, 2.45) is 0 Å². The molecule has 298 valence electrons. The highest BCUT2D eigenvalue weighted by Gasteiger charge is 2.26. The number of hydrogen-bond donors (Lipinski definition) is 0. The van der Waals surface area contributed by atoms with Gasteiger partial charge in [-0.1, -0.05) is 110 Å². The second-order valence-electron chi connectivity index (χ2n) is 16.0. The van der Waals surface area contributed by atoms with E-state index in [2.05, 4.69) is 235 Å². The zero-order valence-corrected chi connectivity index (χ0v) is 34.3. The fourth-order valence-electron chi connectivity index (χ4n) is 9.91. The van der Waals surface area contributed by atoms with E-state index in [-0.39, 0.29) is 0 Å². The molecule has 7 aromatic carbocycles. The Hall–Kier alpha value is -8.62. The van der Waals surface area contributed by atoms with Gasteiger partial charge in [-0.25, -0.2) is 9.97 Å². The van der Waals surface area contributed by atoms with Gasteiger partial charge in [-0.05, 0) is 115 Å². The van der Waals surface area contributed by atoms with E-state index in [9.17, 15) is 0 Å². The minimum Gasteiger partial charge on any atom is -0.294 e. The Morgan fingerprint density at radius 3 is 1.43 bits per heavy atom. The van der Waals surface area contributed by atoms with Gasteiger partial charge in [0.25, 0.3) is 0 Å². The molecular weight excluding hydrogens is 773 g/mol. The summed E-state index contributed by atoms with van der Waals surface area (Å²) in [6, 6.07) is 62.4. The summed E-state index contributed by atoms with van der Waals surface area (Å²) < 4.78 is 13.9. The van der Waals surface area contributed by atoms with E-state index in [1.807, 2.05) is 6.08 Å². The van der Waals surface area contributed by atoms with Crippen molar-refractivity contribution >= 4 is 83.5 Å². The fourth-order valence-corrected chi connectivity index (χ4v) is 9.91. The number of imidazole rings is 4. The van der Waals surface area contributed by atoms with Gasteiger partial charge in [-0.3, -0.25) is 27.1 Å². The van der Waals surface area contributed by atoms with E-state index in [4.69, 9.17) is 9.97 Å². The lowest BCUT2D eigenvalue weighted by Gasteiger charge is -2.10. The van der Waals surface area contributed by atoms with Crippen molar-refractivity contribution in [2.45, 2.75) is 6.92 Å². The molecule has 8 nitrogen and oxygen atoms in total. The Labute approximate surface area is 361 Å². The number of para-hydroxylation sites is 7. The molecule has 0 amide bonds. The maximum absolute atomic E-state index is 5.53. The summed E-state index contributed by atoms with van der Waals surface area (Å²) in [6.07, 6.45) is 8.14. The van der Waals surface area contributed by atoms with Crippen LogP contribution in [0.15, 0.2) is 207 Å². The minimum atomic E-state index is 0.858. The van der Waals surface area contributed by atoms with Crippen molar-refractivity contribution in [2.75, 3.05) is 0 Å². The van der Waals surface area contributed by atoms with E-state index in [0.29, 0.717) is 0 Å². The molecule has 0 fully saturated rings. The third-order valence-electron chi connectivity index (χ3n) is 12.5. The van der Waals surface area contributed by atoms with Crippen LogP contribution in [0.25, 0.3) is 112 Å². The second-order valence-corrected chi connectivity index (χ2v) is 16.0. The van der Waals surface area contributed by atoms with Crippen LogP contribution in [0.4, 0.5) is 0 Å². The first-order valence-electron chi connectivity index (χ1n) is 21.3. The van der Waals surface area contributed by atoms with Crippen molar-refractivity contribution in [3.05, 3.63) is 207 Å². The van der Waals surface area contributed by atoms with Gasteiger partial charge in [0.1, 0.15) is 11.0 Å². The summed E-state index contributed by atoms with van der Waals surface area (Å²) in [4.78, 5) is 11.1. The first-order valence-corrected chi connectivity index (χ1v) is 21.3. The third-order valence-corrected chi connectivity index (χ3v) is 12.5. The molecular formula is C55H38N8. The summed E-state index contributed by atoms with van der Waals surface area (Å²) in [5.74, 6) is 1.73. The number of rotatable bonds is 7. The SMILES string of the molecule is C=C/C=C(\C=C/C)n1c2ccc(-c3ccc4c(c3)c3nc5n(-c6ccccc6)c6ccccc6n5c3n4-c3ccccc3)cc2c2nc3n(-c4ccccc4)c4ccccc4n3c21. The van der Waals surface area contributed by atoms with Crippen LogP contribution in [0.3, 0.4) is 0 Å². The van der Waals surface area contributed by atoms with Crippen LogP contribution in [0.5, 0.6) is 0 Å². The van der Waals surface area contributed by atoms with Crippen LogP contribution in [-0.2, 0) is 0 Å². The quantitative estimate of drug-likeness (QED) is 0.151. The average Bonchev–Trinajstić information content (AvgIpc) is 4.16. The lowest BCUT2D eigenvalue weighted by atomic mass is 10.0. The standard InChI is InChI=1S/C55H38N8/c1-3-18-38(19-4-2)58-44-32-30-36(34-42(44)50-52(58)62-48-28-16-14-26-46(48)60(54(62)56-50)40-22-10-6-11-23-40)37-31-33-45-43(35-37)51-53(59(45)39-20-8-5-9-21-39)63-49-29-17-15-27-47(49)61(55(63)57-51)41-24-12-7-13-25-41/h3-35H,1H2,2H3/b19-4-,38-18+.